The normalized spacial score (nSPS) is 12.2. The lowest BCUT2D eigenvalue weighted by Crippen LogP contribution is -2.26. The number of nitrogens with one attached hydrogen (secondary N) is 1. The molecule has 0 bridgehead atoms. The van der Waals surface area contributed by atoms with E-state index in [0.717, 1.165) is 18.5 Å². The summed E-state index contributed by atoms with van der Waals surface area (Å²) in [5.74, 6) is -0.0599. The van der Waals surface area contributed by atoms with Gasteiger partial charge in [0.25, 0.3) is 5.91 Å². The first-order valence-electron chi connectivity index (χ1n) is 5.56. The molecule has 0 radical (unpaired) electrons. The molecule has 4 nitrogen and oxygen atoms in total. The molecule has 0 aliphatic heterocycles. The van der Waals surface area contributed by atoms with Gasteiger partial charge in [-0.05, 0) is 38.8 Å². The first-order valence-corrected chi connectivity index (χ1v) is 5.56. The van der Waals surface area contributed by atoms with Crippen molar-refractivity contribution >= 4 is 5.91 Å². The minimum absolute atomic E-state index is 0.0599. The third-order valence-corrected chi connectivity index (χ3v) is 2.37. The number of hydrogen-bond donors (Lipinski definition) is 2. The third kappa shape index (κ3) is 3.98. The van der Waals surface area contributed by atoms with Crippen LogP contribution in [0.25, 0.3) is 0 Å². The molecule has 0 saturated carbocycles. The molecule has 0 aliphatic carbocycles. The first-order chi connectivity index (χ1) is 7.61. The Labute approximate surface area is 96.3 Å². The Bertz CT molecular complexity index is 350. The minimum atomic E-state index is -0.0599. The smallest absolute Gasteiger partial charge is 0.253 e. The fraction of sp³-hybridized carbons (Fsp3) is 0.500. The lowest BCUT2D eigenvalue weighted by molar-refractivity contribution is 0.0951. The summed E-state index contributed by atoms with van der Waals surface area (Å²) in [6, 6.07) is 3.74. The Balaban J connectivity index is 2.39. The third-order valence-electron chi connectivity index (χ3n) is 2.37. The molecule has 0 saturated heterocycles. The number of pyridine rings is 1. The molecule has 16 heavy (non-hydrogen) atoms. The van der Waals surface area contributed by atoms with Crippen LogP contribution in [-0.2, 0) is 0 Å². The van der Waals surface area contributed by atoms with Crippen molar-refractivity contribution in [2.75, 3.05) is 6.54 Å². The summed E-state index contributed by atoms with van der Waals surface area (Å²) < 4.78 is 0. The van der Waals surface area contributed by atoms with Crippen LogP contribution in [0.4, 0.5) is 0 Å². The van der Waals surface area contributed by atoms with Gasteiger partial charge in [-0.25, -0.2) is 0 Å². The molecule has 1 aromatic heterocycles. The van der Waals surface area contributed by atoms with Crippen LogP contribution in [0.2, 0.25) is 0 Å². The second kappa shape index (κ2) is 6.23. The zero-order chi connectivity index (χ0) is 12.0. The molecular formula is C12H19N3O. The number of hydrogen-bond acceptors (Lipinski definition) is 3. The van der Waals surface area contributed by atoms with Crippen LogP contribution in [-0.4, -0.2) is 23.5 Å². The van der Waals surface area contributed by atoms with E-state index in [9.17, 15) is 4.79 Å². The maximum Gasteiger partial charge on any atom is 0.253 e. The standard InChI is InChI=1S/C12H19N3O/c1-9(13)5-3-8-15-12(16)11-6-4-7-14-10(11)2/h4,6-7,9H,3,5,8,13H2,1-2H3,(H,15,16). The number of aryl methyl sites for hydroxylation is 1. The second-order valence-electron chi connectivity index (χ2n) is 4.01. The largest absolute Gasteiger partial charge is 0.352 e. The van der Waals surface area contributed by atoms with Gasteiger partial charge in [-0.2, -0.15) is 0 Å². The number of amides is 1. The zero-order valence-corrected chi connectivity index (χ0v) is 9.86. The van der Waals surface area contributed by atoms with Gasteiger partial charge in [0.15, 0.2) is 0 Å². The van der Waals surface area contributed by atoms with Gasteiger partial charge in [0, 0.05) is 24.5 Å². The highest BCUT2D eigenvalue weighted by Crippen LogP contribution is 2.03. The van der Waals surface area contributed by atoms with E-state index in [4.69, 9.17) is 5.73 Å². The van der Waals surface area contributed by atoms with Gasteiger partial charge in [0.1, 0.15) is 0 Å². The van der Waals surface area contributed by atoms with Gasteiger partial charge in [0.2, 0.25) is 0 Å². The van der Waals surface area contributed by atoms with Gasteiger partial charge >= 0.3 is 0 Å². The summed E-state index contributed by atoms with van der Waals surface area (Å²) in [7, 11) is 0. The van der Waals surface area contributed by atoms with Gasteiger partial charge < -0.3 is 11.1 Å². The van der Waals surface area contributed by atoms with Crippen LogP contribution in [0, 0.1) is 6.92 Å². The van der Waals surface area contributed by atoms with E-state index in [1.54, 1.807) is 18.3 Å². The summed E-state index contributed by atoms with van der Waals surface area (Å²) in [5.41, 5.74) is 7.02. The number of nitrogens with zero attached hydrogens (tertiary/aromatic N) is 1. The van der Waals surface area contributed by atoms with Gasteiger partial charge in [-0.15, -0.1) is 0 Å². The Morgan fingerprint density at radius 3 is 3.00 bits per heavy atom. The fourth-order valence-corrected chi connectivity index (χ4v) is 1.45. The summed E-state index contributed by atoms with van der Waals surface area (Å²) in [5, 5.41) is 2.86. The molecule has 88 valence electrons. The molecular weight excluding hydrogens is 202 g/mol. The van der Waals surface area contributed by atoms with Crippen LogP contribution >= 0.6 is 0 Å². The number of rotatable bonds is 5. The van der Waals surface area contributed by atoms with E-state index in [2.05, 4.69) is 10.3 Å². The minimum Gasteiger partial charge on any atom is -0.352 e. The van der Waals surface area contributed by atoms with Crippen molar-refractivity contribution in [1.29, 1.82) is 0 Å². The Morgan fingerprint density at radius 2 is 2.38 bits per heavy atom. The van der Waals surface area contributed by atoms with Crippen LogP contribution in [0.5, 0.6) is 0 Å². The summed E-state index contributed by atoms with van der Waals surface area (Å²) in [4.78, 5) is 15.8. The van der Waals surface area contributed by atoms with E-state index in [1.807, 2.05) is 13.8 Å². The maximum atomic E-state index is 11.7. The molecule has 1 heterocycles. The summed E-state index contributed by atoms with van der Waals surface area (Å²) in [6.07, 6.45) is 3.51. The topological polar surface area (TPSA) is 68.0 Å². The van der Waals surface area contributed by atoms with Crippen molar-refractivity contribution in [2.45, 2.75) is 32.7 Å². The Kier molecular flexibility index (Phi) is 4.92. The average molecular weight is 221 g/mol. The highest BCUT2D eigenvalue weighted by Gasteiger charge is 2.07. The summed E-state index contributed by atoms with van der Waals surface area (Å²) >= 11 is 0. The number of carbonyl (C=O) groups excluding carboxylic acids is 1. The van der Waals surface area contributed by atoms with Crippen molar-refractivity contribution in [3.63, 3.8) is 0 Å². The molecule has 3 N–H and O–H groups in total. The molecule has 0 aromatic carbocycles. The quantitative estimate of drug-likeness (QED) is 0.735. The average Bonchev–Trinajstić information content (AvgIpc) is 2.24. The molecule has 1 amide bonds. The lowest BCUT2D eigenvalue weighted by atomic mass is 10.1. The van der Waals surface area contributed by atoms with E-state index in [-0.39, 0.29) is 11.9 Å². The zero-order valence-electron chi connectivity index (χ0n) is 9.86. The molecule has 0 aliphatic rings. The monoisotopic (exact) mass is 221 g/mol. The van der Waals surface area contributed by atoms with Crippen LogP contribution in [0.3, 0.4) is 0 Å². The highest BCUT2D eigenvalue weighted by molar-refractivity contribution is 5.95. The molecule has 4 heteroatoms. The predicted octanol–water partition coefficient (Wildman–Crippen LogP) is 1.25. The van der Waals surface area contributed by atoms with Crippen molar-refractivity contribution in [3.05, 3.63) is 29.6 Å². The maximum absolute atomic E-state index is 11.7. The van der Waals surface area contributed by atoms with E-state index in [0.29, 0.717) is 12.1 Å². The first kappa shape index (κ1) is 12.6. The SMILES string of the molecule is Cc1ncccc1C(=O)NCCCC(C)N. The molecule has 0 spiro atoms. The fourth-order valence-electron chi connectivity index (χ4n) is 1.45. The van der Waals surface area contributed by atoms with Crippen LogP contribution in [0.1, 0.15) is 35.8 Å². The Hall–Kier alpha value is -1.42. The molecule has 1 unspecified atom stereocenters. The lowest BCUT2D eigenvalue weighted by Gasteiger charge is -2.08. The molecule has 1 atom stereocenters. The summed E-state index contributed by atoms with van der Waals surface area (Å²) in [6.45, 7) is 4.46. The highest BCUT2D eigenvalue weighted by atomic mass is 16.1. The van der Waals surface area contributed by atoms with Crippen molar-refractivity contribution < 1.29 is 4.79 Å². The second-order valence-corrected chi connectivity index (χ2v) is 4.01. The van der Waals surface area contributed by atoms with Gasteiger partial charge in [-0.3, -0.25) is 9.78 Å². The Morgan fingerprint density at radius 1 is 1.62 bits per heavy atom. The van der Waals surface area contributed by atoms with E-state index >= 15 is 0 Å². The number of aromatic nitrogens is 1. The van der Waals surface area contributed by atoms with E-state index < -0.39 is 0 Å². The predicted molar refractivity (Wildman–Crippen MR) is 64.2 cm³/mol. The molecule has 1 rings (SSSR count). The molecule has 1 aromatic rings. The van der Waals surface area contributed by atoms with Crippen molar-refractivity contribution in [3.8, 4) is 0 Å². The van der Waals surface area contributed by atoms with Gasteiger partial charge in [-0.1, -0.05) is 0 Å². The van der Waals surface area contributed by atoms with Crippen molar-refractivity contribution in [2.24, 2.45) is 5.73 Å². The van der Waals surface area contributed by atoms with Crippen molar-refractivity contribution in [1.82, 2.24) is 10.3 Å². The van der Waals surface area contributed by atoms with E-state index in [1.165, 1.54) is 0 Å². The van der Waals surface area contributed by atoms with Gasteiger partial charge in [0.05, 0.1) is 5.56 Å². The number of carbonyl (C=O) groups is 1. The number of nitrogens with two attached hydrogens (primary N) is 1. The van der Waals surface area contributed by atoms with Crippen LogP contribution in [0.15, 0.2) is 18.3 Å². The molecule has 0 fully saturated rings. The van der Waals surface area contributed by atoms with Crippen LogP contribution < -0.4 is 11.1 Å².